The molecule has 0 radical (unpaired) electrons. The standard InChI is InChI=1S/C12H14BrN5O/c1-9-15-10(13)8-18(9)11-2-3-14-12(16-11)17-4-6-19-7-5-17/h2-3,8H,4-7H2,1H3. The molecular weight excluding hydrogens is 310 g/mol. The molecule has 1 aliphatic rings. The van der Waals surface area contributed by atoms with Crippen molar-refractivity contribution in [2.75, 3.05) is 31.2 Å². The molecule has 1 fully saturated rings. The molecule has 3 rings (SSSR count). The summed E-state index contributed by atoms with van der Waals surface area (Å²) in [5, 5.41) is 0. The molecule has 0 spiro atoms. The summed E-state index contributed by atoms with van der Waals surface area (Å²) in [5.41, 5.74) is 0. The van der Waals surface area contributed by atoms with Crippen LogP contribution in [0.4, 0.5) is 5.95 Å². The van der Waals surface area contributed by atoms with Crippen LogP contribution in [-0.4, -0.2) is 45.8 Å². The number of nitrogens with zero attached hydrogens (tertiary/aromatic N) is 5. The van der Waals surface area contributed by atoms with Gasteiger partial charge in [-0.1, -0.05) is 0 Å². The molecule has 0 unspecified atom stereocenters. The van der Waals surface area contributed by atoms with Gasteiger partial charge in [-0.15, -0.1) is 0 Å². The maximum Gasteiger partial charge on any atom is 0.227 e. The lowest BCUT2D eigenvalue weighted by molar-refractivity contribution is 0.122. The summed E-state index contributed by atoms with van der Waals surface area (Å²) in [5.74, 6) is 2.45. The third-order valence-corrected chi connectivity index (χ3v) is 3.40. The molecule has 0 N–H and O–H groups in total. The number of halogens is 1. The fourth-order valence-corrected chi connectivity index (χ4v) is 2.52. The van der Waals surface area contributed by atoms with Crippen LogP contribution >= 0.6 is 15.9 Å². The van der Waals surface area contributed by atoms with E-state index in [0.717, 1.165) is 48.5 Å². The Bertz CT molecular complexity index is 579. The number of aryl methyl sites for hydroxylation is 1. The van der Waals surface area contributed by atoms with Crippen molar-refractivity contribution >= 4 is 21.9 Å². The van der Waals surface area contributed by atoms with Crippen molar-refractivity contribution in [3.8, 4) is 5.82 Å². The number of ether oxygens (including phenoxy) is 1. The van der Waals surface area contributed by atoms with Crippen molar-refractivity contribution in [1.82, 2.24) is 19.5 Å². The van der Waals surface area contributed by atoms with Crippen molar-refractivity contribution in [3.05, 3.63) is 28.9 Å². The molecule has 1 saturated heterocycles. The number of rotatable bonds is 2. The van der Waals surface area contributed by atoms with Crippen LogP contribution in [-0.2, 0) is 4.74 Å². The molecule has 6 nitrogen and oxygen atoms in total. The van der Waals surface area contributed by atoms with Gasteiger partial charge in [0.15, 0.2) is 0 Å². The van der Waals surface area contributed by atoms with E-state index < -0.39 is 0 Å². The summed E-state index contributed by atoms with van der Waals surface area (Å²) in [6.45, 7) is 5.06. The summed E-state index contributed by atoms with van der Waals surface area (Å²) in [4.78, 5) is 15.4. The summed E-state index contributed by atoms with van der Waals surface area (Å²) in [7, 11) is 0. The van der Waals surface area contributed by atoms with E-state index >= 15 is 0 Å². The molecule has 19 heavy (non-hydrogen) atoms. The largest absolute Gasteiger partial charge is 0.378 e. The van der Waals surface area contributed by atoms with E-state index in [1.54, 1.807) is 6.20 Å². The van der Waals surface area contributed by atoms with E-state index in [9.17, 15) is 0 Å². The predicted molar refractivity (Wildman–Crippen MR) is 74.6 cm³/mol. The highest BCUT2D eigenvalue weighted by atomic mass is 79.9. The molecule has 0 bridgehead atoms. The lowest BCUT2D eigenvalue weighted by Crippen LogP contribution is -2.37. The summed E-state index contributed by atoms with van der Waals surface area (Å²) < 4.78 is 8.08. The Morgan fingerprint density at radius 2 is 2.05 bits per heavy atom. The predicted octanol–water partition coefficient (Wildman–Crippen LogP) is 1.57. The molecule has 2 aromatic rings. The SMILES string of the molecule is Cc1nc(Br)cn1-c1ccnc(N2CCOCC2)n1. The first-order valence-corrected chi connectivity index (χ1v) is 6.91. The van der Waals surface area contributed by atoms with Crippen LogP contribution in [0.1, 0.15) is 5.82 Å². The van der Waals surface area contributed by atoms with Crippen LogP contribution in [0.25, 0.3) is 5.82 Å². The van der Waals surface area contributed by atoms with Crippen molar-refractivity contribution in [2.45, 2.75) is 6.92 Å². The van der Waals surface area contributed by atoms with E-state index in [2.05, 4.69) is 35.8 Å². The van der Waals surface area contributed by atoms with Crippen LogP contribution in [0.2, 0.25) is 0 Å². The highest BCUT2D eigenvalue weighted by Gasteiger charge is 2.15. The number of hydrogen-bond donors (Lipinski definition) is 0. The number of hydrogen-bond acceptors (Lipinski definition) is 5. The first-order chi connectivity index (χ1) is 9.24. The zero-order chi connectivity index (χ0) is 13.2. The zero-order valence-corrected chi connectivity index (χ0v) is 12.2. The van der Waals surface area contributed by atoms with Crippen molar-refractivity contribution < 1.29 is 4.74 Å². The smallest absolute Gasteiger partial charge is 0.227 e. The van der Waals surface area contributed by atoms with Gasteiger partial charge in [0.1, 0.15) is 16.2 Å². The fraction of sp³-hybridized carbons (Fsp3) is 0.417. The van der Waals surface area contributed by atoms with Crippen LogP contribution in [0, 0.1) is 6.92 Å². The minimum atomic E-state index is 0.725. The van der Waals surface area contributed by atoms with Gasteiger partial charge in [-0.05, 0) is 28.9 Å². The Labute approximate surface area is 119 Å². The highest BCUT2D eigenvalue weighted by molar-refractivity contribution is 9.10. The maximum absolute atomic E-state index is 5.34. The maximum atomic E-state index is 5.34. The molecular formula is C12H14BrN5O. The fourth-order valence-electron chi connectivity index (χ4n) is 2.06. The molecule has 1 aliphatic heterocycles. The molecule has 0 aromatic carbocycles. The molecule has 100 valence electrons. The first-order valence-electron chi connectivity index (χ1n) is 6.11. The lowest BCUT2D eigenvalue weighted by Gasteiger charge is -2.26. The average Bonchev–Trinajstić information content (AvgIpc) is 2.79. The quantitative estimate of drug-likeness (QED) is 0.839. The van der Waals surface area contributed by atoms with E-state index in [1.807, 2.05) is 23.8 Å². The molecule has 2 aromatic heterocycles. The zero-order valence-electron chi connectivity index (χ0n) is 10.6. The van der Waals surface area contributed by atoms with E-state index in [0.29, 0.717) is 0 Å². The Kier molecular flexibility index (Phi) is 3.48. The first kappa shape index (κ1) is 12.6. The minimum absolute atomic E-state index is 0.725. The molecule has 7 heteroatoms. The number of aromatic nitrogens is 4. The van der Waals surface area contributed by atoms with Gasteiger partial charge in [0, 0.05) is 25.5 Å². The van der Waals surface area contributed by atoms with Crippen LogP contribution in [0.3, 0.4) is 0 Å². The van der Waals surface area contributed by atoms with E-state index in [-0.39, 0.29) is 0 Å². The number of imidazole rings is 1. The van der Waals surface area contributed by atoms with Gasteiger partial charge in [-0.3, -0.25) is 4.57 Å². The normalized spacial score (nSPS) is 15.8. The van der Waals surface area contributed by atoms with Gasteiger partial charge < -0.3 is 9.64 Å². The summed E-state index contributed by atoms with van der Waals surface area (Å²) in [6, 6.07) is 1.88. The van der Waals surface area contributed by atoms with E-state index in [4.69, 9.17) is 4.74 Å². The van der Waals surface area contributed by atoms with Gasteiger partial charge in [0.25, 0.3) is 0 Å². The Balaban J connectivity index is 1.93. The van der Waals surface area contributed by atoms with Gasteiger partial charge in [0.2, 0.25) is 5.95 Å². The molecule has 0 atom stereocenters. The molecule has 0 saturated carbocycles. The third-order valence-electron chi connectivity index (χ3n) is 3.02. The highest BCUT2D eigenvalue weighted by Crippen LogP contribution is 2.16. The van der Waals surface area contributed by atoms with E-state index in [1.165, 1.54) is 0 Å². The second kappa shape index (κ2) is 5.26. The number of morpholine rings is 1. The number of anilines is 1. The van der Waals surface area contributed by atoms with Crippen molar-refractivity contribution in [2.24, 2.45) is 0 Å². The second-order valence-corrected chi connectivity index (χ2v) is 5.11. The van der Waals surface area contributed by atoms with Gasteiger partial charge >= 0.3 is 0 Å². The Morgan fingerprint density at radius 1 is 1.26 bits per heavy atom. The third kappa shape index (κ3) is 2.62. The minimum Gasteiger partial charge on any atom is -0.378 e. The van der Waals surface area contributed by atoms with Gasteiger partial charge in [-0.25, -0.2) is 9.97 Å². The topological polar surface area (TPSA) is 56.1 Å². The summed E-state index contributed by atoms with van der Waals surface area (Å²) >= 11 is 3.37. The molecule has 0 amide bonds. The van der Waals surface area contributed by atoms with Crippen molar-refractivity contribution in [1.29, 1.82) is 0 Å². The Morgan fingerprint density at radius 3 is 2.74 bits per heavy atom. The monoisotopic (exact) mass is 323 g/mol. The average molecular weight is 324 g/mol. The van der Waals surface area contributed by atoms with Crippen molar-refractivity contribution in [3.63, 3.8) is 0 Å². The second-order valence-electron chi connectivity index (χ2n) is 4.30. The van der Waals surface area contributed by atoms with Crippen LogP contribution in [0.5, 0.6) is 0 Å². The lowest BCUT2D eigenvalue weighted by atomic mass is 10.4. The molecule has 3 heterocycles. The Hall–Kier alpha value is -1.47. The van der Waals surface area contributed by atoms with Gasteiger partial charge in [-0.2, -0.15) is 4.98 Å². The van der Waals surface area contributed by atoms with Gasteiger partial charge in [0.05, 0.1) is 13.2 Å². The molecule has 0 aliphatic carbocycles. The van der Waals surface area contributed by atoms with Crippen LogP contribution < -0.4 is 4.90 Å². The van der Waals surface area contributed by atoms with Crippen LogP contribution in [0.15, 0.2) is 23.1 Å². The summed E-state index contributed by atoms with van der Waals surface area (Å²) in [6.07, 6.45) is 3.68.